The van der Waals surface area contributed by atoms with Crippen LogP contribution in [-0.4, -0.2) is 11.1 Å². The Kier molecular flexibility index (Phi) is 3.64. The van der Waals surface area contributed by atoms with Gasteiger partial charge >= 0.3 is 12.1 Å². The van der Waals surface area contributed by atoms with Crippen LogP contribution < -0.4 is 0 Å². The first kappa shape index (κ1) is 13.6. The van der Waals surface area contributed by atoms with Crippen molar-refractivity contribution in [3.63, 3.8) is 0 Å². The first-order chi connectivity index (χ1) is 8.89. The molecule has 2 rings (SSSR count). The van der Waals surface area contributed by atoms with Gasteiger partial charge in [0.05, 0.1) is 11.5 Å². The van der Waals surface area contributed by atoms with Gasteiger partial charge in [-0.25, -0.2) is 0 Å². The summed E-state index contributed by atoms with van der Waals surface area (Å²) in [5.41, 5.74) is -0.125. The second kappa shape index (κ2) is 5.07. The van der Waals surface area contributed by atoms with Crippen molar-refractivity contribution in [2.45, 2.75) is 25.4 Å². The number of carbonyl (C=O) groups is 1. The van der Waals surface area contributed by atoms with Crippen LogP contribution in [0.1, 0.15) is 30.4 Å². The summed E-state index contributed by atoms with van der Waals surface area (Å²) in [5.74, 6) is -1.55. The maximum Gasteiger partial charge on any atom is 0.416 e. The molecule has 0 bridgehead atoms. The van der Waals surface area contributed by atoms with E-state index >= 15 is 0 Å². The first-order valence-electron chi connectivity index (χ1n) is 5.98. The molecule has 0 saturated carbocycles. The van der Waals surface area contributed by atoms with Gasteiger partial charge in [0.25, 0.3) is 0 Å². The van der Waals surface area contributed by atoms with E-state index in [0.29, 0.717) is 18.4 Å². The maximum atomic E-state index is 12.9. The van der Waals surface area contributed by atoms with Crippen molar-refractivity contribution in [1.29, 1.82) is 0 Å². The van der Waals surface area contributed by atoms with Crippen LogP contribution in [0.25, 0.3) is 5.57 Å². The van der Waals surface area contributed by atoms with Gasteiger partial charge in [0.1, 0.15) is 0 Å². The Bertz CT molecular complexity index is 518. The fourth-order valence-corrected chi connectivity index (χ4v) is 2.35. The van der Waals surface area contributed by atoms with E-state index in [1.807, 2.05) is 0 Å². The lowest BCUT2D eigenvalue weighted by Crippen LogP contribution is -2.18. The minimum atomic E-state index is -4.42. The van der Waals surface area contributed by atoms with Gasteiger partial charge in [-0.3, -0.25) is 4.79 Å². The smallest absolute Gasteiger partial charge is 0.416 e. The molecule has 102 valence electrons. The number of hydrogen-bond acceptors (Lipinski definition) is 1. The zero-order chi connectivity index (χ0) is 14.0. The van der Waals surface area contributed by atoms with Gasteiger partial charge in [-0.05, 0) is 36.5 Å². The summed E-state index contributed by atoms with van der Waals surface area (Å²) in [6.07, 6.45) is -1.58. The highest BCUT2D eigenvalue weighted by Crippen LogP contribution is 2.39. The van der Waals surface area contributed by atoms with Crippen molar-refractivity contribution >= 4 is 11.5 Å². The molecule has 1 aliphatic rings. The molecular weight excluding hydrogens is 257 g/mol. The van der Waals surface area contributed by atoms with Crippen LogP contribution >= 0.6 is 0 Å². The molecule has 0 aliphatic heterocycles. The number of carboxylic acid groups (broad SMARTS) is 1. The number of aliphatic carboxylic acids is 1. The zero-order valence-electron chi connectivity index (χ0n) is 10.1. The fourth-order valence-electron chi connectivity index (χ4n) is 2.35. The lowest BCUT2D eigenvalue weighted by Gasteiger charge is -2.22. The predicted molar refractivity (Wildman–Crippen MR) is 64.4 cm³/mol. The molecular formula is C14H13F3O2. The molecule has 0 fully saturated rings. The Hall–Kier alpha value is -1.78. The van der Waals surface area contributed by atoms with Crippen LogP contribution in [0.3, 0.4) is 0 Å². The third-order valence-corrected chi connectivity index (χ3v) is 3.30. The van der Waals surface area contributed by atoms with E-state index in [9.17, 15) is 18.0 Å². The van der Waals surface area contributed by atoms with Crippen molar-refractivity contribution < 1.29 is 23.1 Å². The number of allylic oxidation sites excluding steroid dienone is 2. The second-order valence-corrected chi connectivity index (χ2v) is 4.59. The van der Waals surface area contributed by atoms with Crippen molar-refractivity contribution in [3.05, 3.63) is 41.5 Å². The molecule has 0 aromatic heterocycles. The summed E-state index contributed by atoms with van der Waals surface area (Å²) in [4.78, 5) is 11.0. The molecule has 1 N–H and O–H groups in total. The van der Waals surface area contributed by atoms with Crippen molar-refractivity contribution in [1.82, 2.24) is 0 Å². The minimum absolute atomic E-state index is 0.0981. The Morgan fingerprint density at radius 1 is 1.26 bits per heavy atom. The van der Waals surface area contributed by atoms with Crippen LogP contribution in [0.5, 0.6) is 0 Å². The Balaban J connectivity index is 2.37. The van der Waals surface area contributed by atoms with Crippen LogP contribution in [-0.2, 0) is 11.0 Å². The lowest BCUT2D eigenvalue weighted by molar-refractivity contribution is -0.141. The molecule has 1 atom stereocenters. The molecule has 0 heterocycles. The normalized spacial score (nSPS) is 19.9. The van der Waals surface area contributed by atoms with Crippen LogP contribution in [0, 0.1) is 5.92 Å². The zero-order valence-corrected chi connectivity index (χ0v) is 10.1. The van der Waals surface area contributed by atoms with Gasteiger partial charge in [-0.2, -0.15) is 13.2 Å². The monoisotopic (exact) mass is 270 g/mol. The van der Waals surface area contributed by atoms with Gasteiger partial charge in [0.2, 0.25) is 0 Å². The molecule has 2 nitrogen and oxygen atoms in total. The van der Waals surface area contributed by atoms with Crippen LogP contribution in [0.15, 0.2) is 30.3 Å². The van der Waals surface area contributed by atoms with E-state index in [1.54, 1.807) is 6.08 Å². The first-order valence-corrected chi connectivity index (χ1v) is 5.98. The second-order valence-electron chi connectivity index (χ2n) is 4.59. The average Bonchev–Trinajstić information content (AvgIpc) is 2.38. The highest BCUT2D eigenvalue weighted by molar-refractivity contribution is 5.77. The van der Waals surface area contributed by atoms with Crippen LogP contribution in [0.2, 0.25) is 0 Å². The number of hydrogen-bond donors (Lipinski definition) is 1. The Morgan fingerprint density at radius 3 is 2.58 bits per heavy atom. The van der Waals surface area contributed by atoms with E-state index in [-0.39, 0.29) is 12.0 Å². The Labute approximate surface area is 108 Å². The summed E-state index contributed by atoms with van der Waals surface area (Å²) in [5, 5.41) is 8.98. The molecule has 1 aromatic carbocycles. The van der Waals surface area contributed by atoms with Gasteiger partial charge < -0.3 is 5.11 Å². The predicted octanol–water partition coefficient (Wildman–Crippen LogP) is 3.97. The molecule has 0 amide bonds. The maximum absolute atomic E-state index is 12.9. The number of benzene rings is 1. The van der Waals surface area contributed by atoms with E-state index in [4.69, 9.17) is 5.11 Å². The lowest BCUT2D eigenvalue weighted by atomic mass is 9.84. The molecule has 1 aliphatic carbocycles. The summed E-state index contributed by atoms with van der Waals surface area (Å²) in [7, 11) is 0. The molecule has 19 heavy (non-hydrogen) atoms. The van der Waals surface area contributed by atoms with Gasteiger partial charge in [-0.1, -0.05) is 24.3 Å². The molecule has 0 radical (unpaired) electrons. The third-order valence-electron chi connectivity index (χ3n) is 3.30. The SMILES string of the molecule is O=C(O)C1CCC=C(c2ccccc2C(F)(F)F)C1. The number of carboxylic acids is 1. The summed E-state index contributed by atoms with van der Waals surface area (Å²) in [6.45, 7) is 0. The standard InChI is InChI=1S/C14H13F3O2/c15-14(16,17)12-7-2-1-6-11(12)9-4-3-5-10(8-9)13(18)19/h1-2,4,6-7,10H,3,5,8H2,(H,18,19). The molecule has 1 aromatic rings. The van der Waals surface area contributed by atoms with Crippen molar-refractivity contribution in [2.75, 3.05) is 0 Å². The van der Waals surface area contributed by atoms with Gasteiger partial charge in [0.15, 0.2) is 0 Å². The summed E-state index contributed by atoms with van der Waals surface area (Å²) < 4.78 is 38.7. The minimum Gasteiger partial charge on any atom is -0.481 e. The number of rotatable bonds is 2. The van der Waals surface area contributed by atoms with Crippen LogP contribution in [0.4, 0.5) is 13.2 Å². The Morgan fingerprint density at radius 2 is 1.95 bits per heavy atom. The average molecular weight is 270 g/mol. The molecule has 0 saturated heterocycles. The highest BCUT2D eigenvalue weighted by atomic mass is 19.4. The molecule has 1 unspecified atom stereocenters. The quantitative estimate of drug-likeness (QED) is 0.882. The van der Waals surface area contributed by atoms with Gasteiger partial charge in [-0.15, -0.1) is 0 Å². The number of alkyl halides is 3. The fraction of sp³-hybridized carbons (Fsp3) is 0.357. The third kappa shape index (κ3) is 2.97. The van der Waals surface area contributed by atoms with Crippen molar-refractivity contribution in [2.24, 2.45) is 5.92 Å². The van der Waals surface area contributed by atoms with E-state index in [1.165, 1.54) is 18.2 Å². The summed E-state index contributed by atoms with van der Waals surface area (Å²) >= 11 is 0. The molecule has 5 heteroatoms. The van der Waals surface area contributed by atoms with Gasteiger partial charge in [0, 0.05) is 0 Å². The largest absolute Gasteiger partial charge is 0.481 e. The van der Waals surface area contributed by atoms with E-state index < -0.39 is 23.6 Å². The highest BCUT2D eigenvalue weighted by Gasteiger charge is 2.34. The number of halogens is 3. The van der Waals surface area contributed by atoms with Crippen molar-refractivity contribution in [3.8, 4) is 0 Å². The topological polar surface area (TPSA) is 37.3 Å². The van der Waals surface area contributed by atoms with E-state index in [2.05, 4.69) is 0 Å². The summed E-state index contributed by atoms with van der Waals surface area (Å²) in [6, 6.07) is 5.31. The molecule has 0 spiro atoms. The van der Waals surface area contributed by atoms with E-state index in [0.717, 1.165) is 6.07 Å².